The van der Waals surface area contributed by atoms with Crippen molar-refractivity contribution < 1.29 is 43.7 Å². The zero-order chi connectivity index (χ0) is 48.2. The van der Waals surface area contributed by atoms with Gasteiger partial charge >= 0.3 is 0 Å². The van der Waals surface area contributed by atoms with Crippen LogP contribution in [-0.2, 0) is 9.59 Å². The molecule has 4 aromatic rings. The van der Waals surface area contributed by atoms with Gasteiger partial charge in [-0.1, -0.05) is 79.7 Å². The number of imide groups is 2. The summed E-state index contributed by atoms with van der Waals surface area (Å²) in [5.41, 5.74) is 2.33. The van der Waals surface area contributed by atoms with Gasteiger partial charge in [-0.05, 0) is 90.7 Å². The highest BCUT2D eigenvalue weighted by molar-refractivity contribution is 6.24. The van der Waals surface area contributed by atoms with E-state index < -0.39 is 96.6 Å². The Kier molecular flexibility index (Phi) is 9.34. The zero-order valence-corrected chi connectivity index (χ0v) is 32.5. The molecule has 0 spiro atoms. The number of hydrogen-bond donors (Lipinski definition) is 1. The maximum Gasteiger partial charge on any atom is 0.265 e. The Hall–Kier alpha value is -5.72. The molecule has 59 heavy (non-hydrogen) atoms. The molecular weight excluding hydrogens is 753 g/mol. The molecule has 4 heterocycles. The Bertz CT molecular complexity index is 2590. The van der Waals surface area contributed by atoms with Crippen molar-refractivity contribution in [3.8, 4) is 5.75 Å². The Morgan fingerprint density at radius 3 is 2.07 bits per heavy atom. The van der Waals surface area contributed by atoms with Crippen molar-refractivity contribution in [3.05, 3.63) is 130 Å². The first-order valence-electron chi connectivity index (χ1n) is 23.8. The Morgan fingerprint density at radius 2 is 1.42 bits per heavy atom. The van der Waals surface area contributed by atoms with Gasteiger partial charge in [-0.15, -0.1) is 0 Å². The third-order valence-corrected chi connectivity index (χ3v) is 11.2. The number of ether oxygens (including phenoxy) is 1. The molecule has 8 rings (SSSR count). The second-order valence-electron chi connectivity index (χ2n) is 14.9. The molecule has 0 aromatic heterocycles. The van der Waals surface area contributed by atoms with Crippen molar-refractivity contribution in [3.63, 3.8) is 0 Å². The fourth-order valence-electron chi connectivity index (χ4n) is 8.14. The van der Waals surface area contributed by atoms with Gasteiger partial charge in [0.25, 0.3) is 11.8 Å². The summed E-state index contributed by atoms with van der Waals surface area (Å²) in [7, 11) is 0. The van der Waals surface area contributed by atoms with Crippen LogP contribution >= 0.6 is 0 Å². The molecule has 3 fully saturated rings. The molecule has 10 nitrogen and oxygen atoms in total. The number of carbonyl (C=O) groups excluding carboxylic acids is 4. The van der Waals surface area contributed by atoms with Crippen molar-refractivity contribution in [1.29, 1.82) is 0 Å². The van der Waals surface area contributed by atoms with Crippen LogP contribution in [0.25, 0.3) is 11.1 Å². The average molecular weight is 810 g/mol. The number of nitrogens with one attached hydrogen (secondary N) is 1. The number of likely N-dealkylation sites (tertiary alicyclic amines) is 1. The van der Waals surface area contributed by atoms with E-state index in [1.54, 1.807) is 0 Å². The fraction of sp³-hybridized carbons (Fsp3) is 0.362. The lowest BCUT2D eigenvalue weighted by atomic mass is 9.88. The molecule has 0 radical (unpaired) electrons. The van der Waals surface area contributed by atoms with Gasteiger partial charge in [-0.3, -0.25) is 39.2 Å². The molecule has 4 aromatic carbocycles. The summed E-state index contributed by atoms with van der Waals surface area (Å²) in [5.74, 6) is -8.21. The van der Waals surface area contributed by atoms with Crippen molar-refractivity contribution in [2.24, 2.45) is 5.92 Å². The summed E-state index contributed by atoms with van der Waals surface area (Å²) in [6.07, 6.45) is 1.10. The highest BCUT2D eigenvalue weighted by Gasteiger charge is 2.47. The lowest BCUT2D eigenvalue weighted by Gasteiger charge is -2.39. The fourth-order valence-corrected chi connectivity index (χ4v) is 8.14. The van der Waals surface area contributed by atoms with E-state index in [9.17, 15) is 19.2 Å². The molecule has 4 aliphatic rings. The second kappa shape index (κ2) is 17.6. The number of piperazine rings is 1. The summed E-state index contributed by atoms with van der Waals surface area (Å²) < 4.78 is 110. The van der Waals surface area contributed by atoms with Crippen LogP contribution in [0.3, 0.4) is 0 Å². The van der Waals surface area contributed by atoms with E-state index in [0.29, 0.717) is 60.7 Å². The van der Waals surface area contributed by atoms with E-state index >= 15 is 8.78 Å². The van der Waals surface area contributed by atoms with Crippen molar-refractivity contribution in [1.82, 2.24) is 20.0 Å². The predicted molar refractivity (Wildman–Crippen MR) is 222 cm³/mol. The van der Waals surface area contributed by atoms with Gasteiger partial charge < -0.3 is 9.64 Å². The second-order valence-corrected chi connectivity index (χ2v) is 14.9. The van der Waals surface area contributed by atoms with Gasteiger partial charge in [0, 0.05) is 51.0 Å². The number of amides is 4. The number of halogens is 2. The van der Waals surface area contributed by atoms with Gasteiger partial charge in [-0.2, -0.15) is 0 Å². The lowest BCUT2D eigenvalue weighted by molar-refractivity contribution is -0.136. The minimum Gasteiger partial charge on any atom is -0.492 e. The first kappa shape index (κ1) is 31.2. The van der Waals surface area contributed by atoms with Crippen LogP contribution in [0.4, 0.5) is 14.5 Å². The number of benzene rings is 4. The molecule has 1 N–H and O–H groups in total. The molecule has 0 aliphatic carbocycles. The van der Waals surface area contributed by atoms with Crippen LogP contribution in [0.1, 0.15) is 87.4 Å². The van der Waals surface area contributed by atoms with Crippen LogP contribution < -0.4 is 15.0 Å². The monoisotopic (exact) mass is 809 g/mol. The average Bonchev–Trinajstić information content (AvgIpc) is 3.54. The summed E-state index contributed by atoms with van der Waals surface area (Å²) >= 11 is 0. The number of rotatable bonds is 12. The largest absolute Gasteiger partial charge is 0.492 e. The summed E-state index contributed by atoms with van der Waals surface area (Å²) in [4.78, 5) is 53.8. The van der Waals surface area contributed by atoms with E-state index in [-0.39, 0.29) is 17.7 Å². The van der Waals surface area contributed by atoms with Crippen LogP contribution in [0, 0.1) is 17.6 Å². The van der Waals surface area contributed by atoms with Crippen molar-refractivity contribution in [2.45, 2.75) is 45.1 Å². The molecule has 4 amide bonds. The molecular formula is C47H49F2N5O5. The Balaban J connectivity index is 0.927. The molecule has 4 aliphatic heterocycles. The number of allylic oxidation sites excluding steroid dienone is 1. The number of fused-ring (bicyclic) bond motifs is 1. The standard InChI is InChI=1S/C47H49F2N5O5/c1-2-36(32-9-5-3-6-10-32)41(33-11-7-4-8-12-33)34-13-15-35(16-14-34)59-28-27-51-21-19-31(20-22-51)30-52-23-25-53(26-24-52)39-29-37-42(44(49)43(39)48)47(58)54(46(37)57)38-17-18-40(55)50-45(38)56/h3-16,29,31,38H,2,17-28,30H2,1H3,(H,50,55,56)/i23D2,24D2,25D2,26D2. The quantitative estimate of drug-likeness (QED) is 0.126. The zero-order valence-electron chi connectivity index (χ0n) is 40.5. The SMILES string of the molecule is [2H]C1([2H])N(CC2CCN(CCOc3ccc(C(=C(CC)c4ccccc4)c4ccccc4)cc3)CC2)C([2H])([2H])C([2H])([2H])N(c2cc3c(c(F)c2F)C(=O)N(C2CCC(=O)NC2=O)C3=O)C1([2H])[2H]. The first-order chi connectivity index (χ1) is 31.7. The van der Waals surface area contributed by atoms with Crippen LogP contribution in [0.15, 0.2) is 91.0 Å². The van der Waals surface area contributed by atoms with E-state index in [1.807, 2.05) is 66.0 Å². The molecule has 12 heteroatoms. The number of piperidine rings is 2. The van der Waals surface area contributed by atoms with Gasteiger partial charge in [0.15, 0.2) is 11.6 Å². The highest BCUT2D eigenvalue weighted by Crippen LogP contribution is 2.37. The minimum atomic E-state index is -3.62. The van der Waals surface area contributed by atoms with E-state index in [4.69, 9.17) is 15.7 Å². The molecule has 1 atom stereocenters. The van der Waals surface area contributed by atoms with E-state index in [2.05, 4.69) is 36.1 Å². The molecule has 306 valence electrons. The molecule has 3 saturated heterocycles. The normalized spacial score (nSPS) is 25.2. The highest BCUT2D eigenvalue weighted by atomic mass is 19.2. The maximum atomic E-state index is 16.1. The predicted octanol–water partition coefficient (Wildman–Crippen LogP) is 6.65. The number of nitrogens with zero attached hydrogens (tertiary/aromatic N) is 4. The molecule has 0 saturated carbocycles. The summed E-state index contributed by atoms with van der Waals surface area (Å²) in [6, 6.07) is 27.4. The summed E-state index contributed by atoms with van der Waals surface area (Å²) in [5, 5.41) is 1.97. The van der Waals surface area contributed by atoms with Crippen LogP contribution in [-0.4, -0.2) is 103 Å². The molecule has 1 unspecified atom stereocenters. The number of hydrogen-bond acceptors (Lipinski definition) is 8. The third kappa shape index (κ3) is 8.42. The van der Waals surface area contributed by atoms with Gasteiger partial charge in [0.1, 0.15) is 18.4 Å². The van der Waals surface area contributed by atoms with E-state index in [0.717, 1.165) is 28.7 Å². The van der Waals surface area contributed by atoms with E-state index in [1.165, 1.54) is 5.57 Å². The minimum absolute atomic E-state index is 0.191. The van der Waals surface area contributed by atoms with Crippen molar-refractivity contribution >= 4 is 40.5 Å². The maximum absolute atomic E-state index is 16.1. The van der Waals surface area contributed by atoms with Gasteiger partial charge in [0.2, 0.25) is 11.8 Å². The number of anilines is 1. The van der Waals surface area contributed by atoms with Gasteiger partial charge in [-0.25, -0.2) is 8.78 Å². The van der Waals surface area contributed by atoms with Crippen LogP contribution in [0.5, 0.6) is 5.75 Å². The Morgan fingerprint density at radius 1 is 0.780 bits per heavy atom. The Labute approximate surface area is 354 Å². The first-order valence-corrected chi connectivity index (χ1v) is 19.8. The van der Waals surface area contributed by atoms with Crippen molar-refractivity contribution in [2.75, 3.05) is 63.7 Å². The topological polar surface area (TPSA) is 102 Å². The summed E-state index contributed by atoms with van der Waals surface area (Å²) in [6.45, 7) is -10.4. The lowest BCUT2D eigenvalue weighted by Crippen LogP contribution is -2.54. The third-order valence-electron chi connectivity index (χ3n) is 11.2. The van der Waals surface area contributed by atoms with Crippen LogP contribution in [0.2, 0.25) is 0 Å². The smallest absolute Gasteiger partial charge is 0.265 e. The number of carbonyl (C=O) groups is 4. The molecule has 0 bridgehead atoms. The van der Waals surface area contributed by atoms with Gasteiger partial charge in [0.05, 0.1) is 22.3 Å².